The van der Waals surface area contributed by atoms with Crippen molar-refractivity contribution < 1.29 is 10.0 Å². The van der Waals surface area contributed by atoms with Gasteiger partial charge in [0.15, 0.2) is 5.84 Å². The molecule has 0 spiro atoms. The molecule has 0 atom stereocenters. The molecular weight excluding hydrogens is 262 g/mol. The molecular formula is C9H10BrN3O2. The van der Waals surface area contributed by atoms with E-state index >= 15 is 0 Å². The molecule has 15 heavy (non-hydrogen) atoms. The summed E-state index contributed by atoms with van der Waals surface area (Å²) in [6, 6.07) is 6.93. The average molecular weight is 272 g/mol. The lowest BCUT2D eigenvalue weighted by Crippen LogP contribution is -2.33. The van der Waals surface area contributed by atoms with Crippen LogP contribution in [0.5, 0.6) is 0 Å². The summed E-state index contributed by atoms with van der Waals surface area (Å²) in [5.41, 5.74) is 5.71. The monoisotopic (exact) mass is 271 g/mol. The van der Waals surface area contributed by atoms with E-state index in [9.17, 15) is 4.79 Å². The van der Waals surface area contributed by atoms with Crippen molar-refractivity contribution in [2.45, 2.75) is 0 Å². The van der Waals surface area contributed by atoms with E-state index in [0.29, 0.717) is 5.56 Å². The van der Waals surface area contributed by atoms with E-state index in [1.807, 2.05) is 6.07 Å². The molecule has 0 saturated carbocycles. The molecule has 0 fully saturated rings. The number of hydrogen-bond donors (Lipinski definition) is 3. The molecule has 0 saturated heterocycles. The van der Waals surface area contributed by atoms with Crippen molar-refractivity contribution in [3.8, 4) is 0 Å². The number of rotatable bonds is 3. The highest BCUT2D eigenvalue weighted by Crippen LogP contribution is 2.11. The minimum atomic E-state index is -0.275. The summed E-state index contributed by atoms with van der Waals surface area (Å²) in [4.78, 5) is 11.5. The van der Waals surface area contributed by atoms with Gasteiger partial charge in [0.25, 0.3) is 5.91 Å². The zero-order chi connectivity index (χ0) is 11.3. The van der Waals surface area contributed by atoms with Crippen LogP contribution in [0.2, 0.25) is 0 Å². The van der Waals surface area contributed by atoms with Crippen LogP contribution < -0.4 is 11.1 Å². The van der Waals surface area contributed by atoms with Crippen molar-refractivity contribution in [2.24, 2.45) is 10.9 Å². The molecule has 80 valence electrons. The van der Waals surface area contributed by atoms with Crippen molar-refractivity contribution >= 4 is 27.7 Å². The van der Waals surface area contributed by atoms with Gasteiger partial charge in [-0.15, -0.1) is 0 Å². The van der Waals surface area contributed by atoms with Crippen LogP contribution in [0, 0.1) is 0 Å². The molecule has 1 aromatic carbocycles. The highest BCUT2D eigenvalue weighted by Gasteiger charge is 2.05. The third-order valence-electron chi connectivity index (χ3n) is 1.65. The number of amidine groups is 1. The minimum absolute atomic E-state index is 0.0157. The van der Waals surface area contributed by atoms with E-state index in [1.165, 1.54) is 0 Å². The number of nitrogens with one attached hydrogen (secondary N) is 1. The fraction of sp³-hybridized carbons (Fsp3) is 0.111. The van der Waals surface area contributed by atoms with Gasteiger partial charge in [0.1, 0.15) is 0 Å². The molecule has 0 unspecified atom stereocenters. The van der Waals surface area contributed by atoms with Crippen LogP contribution in [0.25, 0.3) is 0 Å². The topological polar surface area (TPSA) is 87.7 Å². The van der Waals surface area contributed by atoms with Gasteiger partial charge >= 0.3 is 0 Å². The SMILES string of the molecule is N/C(CNC(=O)c1cccc(Br)c1)=N\O. The minimum Gasteiger partial charge on any atom is -0.409 e. The Morgan fingerprint density at radius 3 is 2.93 bits per heavy atom. The van der Waals surface area contributed by atoms with Gasteiger partial charge in [-0.3, -0.25) is 4.79 Å². The van der Waals surface area contributed by atoms with Crippen LogP contribution in [0.4, 0.5) is 0 Å². The molecule has 0 radical (unpaired) electrons. The van der Waals surface area contributed by atoms with Crippen LogP contribution in [-0.4, -0.2) is 23.5 Å². The number of oxime groups is 1. The van der Waals surface area contributed by atoms with Gasteiger partial charge < -0.3 is 16.3 Å². The molecule has 0 aliphatic heterocycles. The third-order valence-corrected chi connectivity index (χ3v) is 2.14. The van der Waals surface area contributed by atoms with E-state index in [2.05, 4.69) is 26.4 Å². The molecule has 1 amide bonds. The Balaban J connectivity index is 2.62. The second kappa shape index (κ2) is 5.35. The number of hydrogen-bond acceptors (Lipinski definition) is 3. The first-order chi connectivity index (χ1) is 7.13. The highest BCUT2D eigenvalue weighted by molar-refractivity contribution is 9.10. The van der Waals surface area contributed by atoms with Gasteiger partial charge in [0.05, 0.1) is 6.54 Å². The summed E-state index contributed by atoms with van der Waals surface area (Å²) in [7, 11) is 0. The number of nitrogens with zero attached hydrogens (tertiary/aromatic N) is 1. The highest BCUT2D eigenvalue weighted by atomic mass is 79.9. The molecule has 0 bridgehead atoms. The van der Waals surface area contributed by atoms with Gasteiger partial charge in [0, 0.05) is 10.0 Å². The normalized spacial score (nSPS) is 11.1. The van der Waals surface area contributed by atoms with E-state index in [1.54, 1.807) is 18.2 Å². The lowest BCUT2D eigenvalue weighted by molar-refractivity contribution is 0.0959. The molecule has 0 heterocycles. The van der Waals surface area contributed by atoms with Crippen LogP contribution >= 0.6 is 15.9 Å². The standard InChI is InChI=1S/C9H10BrN3O2/c10-7-3-1-2-6(4-7)9(14)12-5-8(11)13-15/h1-4,15H,5H2,(H2,11,13)(H,12,14). The Morgan fingerprint density at radius 1 is 1.60 bits per heavy atom. The fourth-order valence-corrected chi connectivity index (χ4v) is 1.34. The Kier molecular flexibility index (Phi) is 4.11. The number of halogens is 1. The smallest absolute Gasteiger partial charge is 0.251 e. The van der Waals surface area contributed by atoms with Crippen molar-refractivity contribution in [3.05, 3.63) is 34.3 Å². The number of amides is 1. The first-order valence-electron chi connectivity index (χ1n) is 4.13. The zero-order valence-electron chi connectivity index (χ0n) is 7.77. The van der Waals surface area contributed by atoms with E-state index in [-0.39, 0.29) is 18.3 Å². The van der Waals surface area contributed by atoms with Crippen molar-refractivity contribution in [3.63, 3.8) is 0 Å². The molecule has 0 aromatic heterocycles. The Hall–Kier alpha value is -1.56. The second-order valence-electron chi connectivity index (χ2n) is 2.78. The molecule has 0 aliphatic rings. The predicted molar refractivity (Wildman–Crippen MR) is 59.9 cm³/mol. The fourth-order valence-electron chi connectivity index (χ4n) is 0.938. The van der Waals surface area contributed by atoms with Gasteiger partial charge in [0.2, 0.25) is 0 Å². The van der Waals surface area contributed by atoms with Crippen molar-refractivity contribution in [2.75, 3.05) is 6.54 Å². The van der Waals surface area contributed by atoms with Crippen LogP contribution in [-0.2, 0) is 0 Å². The lowest BCUT2D eigenvalue weighted by atomic mass is 10.2. The number of carbonyl (C=O) groups is 1. The molecule has 0 aliphatic carbocycles. The summed E-state index contributed by atoms with van der Waals surface area (Å²) >= 11 is 3.26. The van der Waals surface area contributed by atoms with Crippen LogP contribution in [0.3, 0.4) is 0 Å². The quantitative estimate of drug-likeness (QED) is 0.331. The summed E-state index contributed by atoms with van der Waals surface area (Å²) in [6.07, 6.45) is 0. The maximum absolute atomic E-state index is 11.5. The summed E-state index contributed by atoms with van der Waals surface area (Å²) < 4.78 is 0.818. The Morgan fingerprint density at radius 2 is 2.33 bits per heavy atom. The van der Waals surface area contributed by atoms with Crippen molar-refractivity contribution in [1.82, 2.24) is 5.32 Å². The van der Waals surface area contributed by atoms with Gasteiger partial charge in [-0.1, -0.05) is 27.2 Å². The maximum atomic E-state index is 11.5. The van der Waals surface area contributed by atoms with E-state index < -0.39 is 0 Å². The molecule has 1 rings (SSSR count). The Bertz CT molecular complexity index is 393. The van der Waals surface area contributed by atoms with Gasteiger partial charge in [-0.25, -0.2) is 0 Å². The van der Waals surface area contributed by atoms with Gasteiger partial charge in [-0.05, 0) is 18.2 Å². The molecule has 1 aromatic rings. The largest absolute Gasteiger partial charge is 0.409 e. The van der Waals surface area contributed by atoms with Crippen LogP contribution in [0.15, 0.2) is 33.9 Å². The third kappa shape index (κ3) is 3.59. The molecule has 4 N–H and O–H groups in total. The second-order valence-corrected chi connectivity index (χ2v) is 3.70. The Labute approximate surface area is 95.1 Å². The lowest BCUT2D eigenvalue weighted by Gasteiger charge is -2.03. The number of carbonyl (C=O) groups excluding carboxylic acids is 1. The average Bonchev–Trinajstić information content (AvgIpc) is 2.25. The summed E-state index contributed by atoms with van der Waals surface area (Å²) in [5.74, 6) is -0.318. The molecule has 5 nitrogen and oxygen atoms in total. The number of nitrogens with two attached hydrogens (primary N) is 1. The number of benzene rings is 1. The maximum Gasteiger partial charge on any atom is 0.251 e. The zero-order valence-corrected chi connectivity index (χ0v) is 9.36. The van der Waals surface area contributed by atoms with E-state index in [0.717, 1.165) is 4.47 Å². The first kappa shape index (κ1) is 11.5. The summed E-state index contributed by atoms with van der Waals surface area (Å²) in [5, 5.41) is 13.5. The first-order valence-corrected chi connectivity index (χ1v) is 4.93. The predicted octanol–water partition coefficient (Wildman–Crippen LogP) is 0.925. The summed E-state index contributed by atoms with van der Waals surface area (Å²) in [6.45, 7) is 0.0157. The van der Waals surface area contributed by atoms with Gasteiger partial charge in [-0.2, -0.15) is 0 Å². The van der Waals surface area contributed by atoms with Crippen LogP contribution in [0.1, 0.15) is 10.4 Å². The van der Waals surface area contributed by atoms with Crippen molar-refractivity contribution in [1.29, 1.82) is 0 Å². The van der Waals surface area contributed by atoms with E-state index in [4.69, 9.17) is 10.9 Å². The molecule has 6 heteroatoms.